The van der Waals surface area contributed by atoms with Gasteiger partial charge in [-0.05, 0) is 24.6 Å². The van der Waals surface area contributed by atoms with Crippen molar-refractivity contribution in [2.24, 2.45) is 0 Å². The fourth-order valence-corrected chi connectivity index (χ4v) is 3.95. The molecule has 1 aromatic carbocycles. The van der Waals surface area contributed by atoms with Gasteiger partial charge in [-0.1, -0.05) is 23.5 Å². The van der Waals surface area contributed by atoms with E-state index in [4.69, 9.17) is 0 Å². The van der Waals surface area contributed by atoms with Gasteiger partial charge in [-0.15, -0.1) is 11.3 Å². The number of aryl methyl sites for hydroxylation is 1. The summed E-state index contributed by atoms with van der Waals surface area (Å²) >= 11 is 2.46. The summed E-state index contributed by atoms with van der Waals surface area (Å²) in [7, 11) is 0. The van der Waals surface area contributed by atoms with Crippen LogP contribution in [0.1, 0.15) is 32.8 Å². The zero-order valence-corrected chi connectivity index (χ0v) is 20.0. The molecule has 0 aliphatic rings. The van der Waals surface area contributed by atoms with E-state index < -0.39 is 11.9 Å². The van der Waals surface area contributed by atoms with Gasteiger partial charge in [0.05, 0.1) is 22.2 Å². The molecule has 11 heteroatoms. The minimum atomic E-state index is -1.28. The third kappa shape index (κ3) is 5.53. The maximum atomic E-state index is 12.4. The average Bonchev–Trinajstić information content (AvgIpc) is 3.21. The van der Waals surface area contributed by atoms with Crippen molar-refractivity contribution in [1.29, 1.82) is 0 Å². The van der Waals surface area contributed by atoms with Gasteiger partial charge in [0.2, 0.25) is 5.91 Å². The van der Waals surface area contributed by atoms with Crippen LogP contribution in [0.4, 0.5) is 10.8 Å². The van der Waals surface area contributed by atoms with Gasteiger partial charge in [0.1, 0.15) is 0 Å². The first kappa shape index (κ1) is 22.8. The van der Waals surface area contributed by atoms with Gasteiger partial charge >= 0.3 is 51.4 Å². The van der Waals surface area contributed by atoms with E-state index in [1.807, 2.05) is 0 Å². The van der Waals surface area contributed by atoms with Crippen LogP contribution < -0.4 is 67.1 Å². The third-order valence-electron chi connectivity index (χ3n) is 3.39. The number of aromatic carboxylic acids is 1. The second-order valence-corrected chi connectivity index (χ2v) is 7.33. The van der Waals surface area contributed by atoms with E-state index >= 15 is 0 Å². The molecule has 0 fully saturated rings. The van der Waals surface area contributed by atoms with Crippen molar-refractivity contribution in [3.05, 3.63) is 45.9 Å². The summed E-state index contributed by atoms with van der Waals surface area (Å²) in [6, 6.07) is 5.65. The molecule has 3 rings (SSSR count). The molecule has 138 valence electrons. The van der Waals surface area contributed by atoms with Gasteiger partial charge in [0.15, 0.2) is 10.1 Å². The van der Waals surface area contributed by atoms with Gasteiger partial charge in [-0.25, -0.2) is 9.97 Å². The number of amides is 2. The molecule has 0 atom stereocenters. The summed E-state index contributed by atoms with van der Waals surface area (Å²) < 4.78 is 0. The SMILES string of the molecule is CC(=O)Nc1nc(C)c(-c2csc(C(=O)Nc3ccc(C(=O)[O-])cc3)n2)s1.[K+]. The van der Waals surface area contributed by atoms with Crippen LogP contribution in [0, 0.1) is 6.92 Å². The Bertz CT molecular complexity index is 1030. The second kappa shape index (κ2) is 9.83. The van der Waals surface area contributed by atoms with Gasteiger partial charge in [0, 0.05) is 18.0 Å². The summed E-state index contributed by atoms with van der Waals surface area (Å²) in [5.74, 6) is -1.90. The molecule has 2 heterocycles. The number of nitrogens with zero attached hydrogens (tertiary/aromatic N) is 2. The van der Waals surface area contributed by atoms with Crippen LogP contribution in [0.25, 0.3) is 10.6 Å². The van der Waals surface area contributed by atoms with E-state index in [2.05, 4.69) is 20.6 Å². The normalized spacial score (nSPS) is 10.1. The number of carboxylic acid groups (broad SMARTS) is 1. The van der Waals surface area contributed by atoms with Crippen LogP contribution >= 0.6 is 22.7 Å². The van der Waals surface area contributed by atoms with Crippen molar-refractivity contribution >= 4 is 51.3 Å². The van der Waals surface area contributed by atoms with Crippen molar-refractivity contribution in [1.82, 2.24) is 9.97 Å². The standard InChI is InChI=1S/C17H14N4O4S2.K/c1-8-13(27-17(18-8)19-9(2)22)12-7-26-15(21-12)14(23)20-11-5-3-10(4-6-11)16(24)25;/h3-7H,1-2H3,(H,20,23)(H,24,25)(H,18,19,22);/q;+1/p-1. The number of nitrogens with one attached hydrogen (secondary N) is 2. The molecular weight excluding hydrogens is 427 g/mol. The fourth-order valence-electron chi connectivity index (χ4n) is 2.19. The number of rotatable bonds is 5. The number of benzene rings is 1. The Balaban J connectivity index is 0.00000280. The zero-order chi connectivity index (χ0) is 19.6. The first-order valence-corrected chi connectivity index (χ1v) is 9.37. The summed E-state index contributed by atoms with van der Waals surface area (Å²) in [6.45, 7) is 3.20. The molecule has 2 N–H and O–H groups in total. The first-order valence-electron chi connectivity index (χ1n) is 7.67. The molecule has 8 nitrogen and oxygen atoms in total. The molecule has 2 aromatic heterocycles. The molecule has 0 aliphatic heterocycles. The molecule has 3 aromatic rings. The third-order valence-corrected chi connectivity index (χ3v) is 5.33. The van der Waals surface area contributed by atoms with Crippen molar-refractivity contribution < 1.29 is 70.9 Å². The van der Waals surface area contributed by atoms with Crippen molar-refractivity contribution in [2.75, 3.05) is 10.6 Å². The Morgan fingerprint density at radius 2 is 1.75 bits per heavy atom. The second-order valence-electron chi connectivity index (χ2n) is 5.47. The first-order chi connectivity index (χ1) is 12.8. The Morgan fingerprint density at radius 1 is 1.07 bits per heavy atom. The fraction of sp³-hybridized carbons (Fsp3) is 0.118. The predicted octanol–water partition coefficient (Wildman–Crippen LogP) is -0.847. The Kier molecular flexibility index (Phi) is 8.01. The maximum Gasteiger partial charge on any atom is 1.00 e. The van der Waals surface area contributed by atoms with Crippen LogP contribution in [-0.4, -0.2) is 27.8 Å². The van der Waals surface area contributed by atoms with Gasteiger partial charge in [-0.3, -0.25) is 9.59 Å². The largest absolute Gasteiger partial charge is 1.00 e. The predicted molar refractivity (Wildman–Crippen MR) is 101 cm³/mol. The van der Waals surface area contributed by atoms with Crippen LogP contribution in [0.5, 0.6) is 0 Å². The molecule has 0 radical (unpaired) electrons. The van der Waals surface area contributed by atoms with Crippen LogP contribution in [0.2, 0.25) is 0 Å². The molecule has 0 unspecified atom stereocenters. The number of carboxylic acids is 1. The van der Waals surface area contributed by atoms with Crippen molar-refractivity contribution in [3.8, 4) is 10.6 Å². The number of aromatic nitrogens is 2. The molecule has 0 saturated heterocycles. The smallest absolute Gasteiger partial charge is 0.545 e. The number of hydrogen-bond acceptors (Lipinski definition) is 8. The minimum absolute atomic E-state index is 0. The van der Waals surface area contributed by atoms with Crippen LogP contribution in [-0.2, 0) is 4.79 Å². The van der Waals surface area contributed by atoms with Gasteiger partial charge in [-0.2, -0.15) is 0 Å². The quantitative estimate of drug-likeness (QED) is 0.498. The Labute approximate surface area is 210 Å². The topological polar surface area (TPSA) is 124 Å². The van der Waals surface area contributed by atoms with E-state index in [0.717, 1.165) is 4.88 Å². The van der Waals surface area contributed by atoms with Crippen molar-refractivity contribution in [3.63, 3.8) is 0 Å². The van der Waals surface area contributed by atoms with Crippen molar-refractivity contribution in [2.45, 2.75) is 13.8 Å². The summed E-state index contributed by atoms with van der Waals surface area (Å²) in [6.07, 6.45) is 0. The van der Waals surface area contributed by atoms with E-state index in [9.17, 15) is 19.5 Å². The van der Waals surface area contributed by atoms with Crippen LogP contribution in [0.3, 0.4) is 0 Å². The number of hydrogen-bond donors (Lipinski definition) is 2. The zero-order valence-electron chi connectivity index (χ0n) is 15.2. The monoisotopic (exact) mass is 440 g/mol. The number of carbonyl (C=O) groups excluding carboxylic acids is 3. The average molecular weight is 441 g/mol. The Morgan fingerprint density at radius 3 is 2.36 bits per heavy atom. The van der Waals surface area contributed by atoms with E-state index in [1.165, 1.54) is 53.9 Å². The molecule has 0 spiro atoms. The number of thiazole rings is 2. The van der Waals surface area contributed by atoms with Crippen LogP contribution in [0.15, 0.2) is 29.6 Å². The molecule has 28 heavy (non-hydrogen) atoms. The van der Waals surface area contributed by atoms with E-state index in [-0.39, 0.29) is 67.9 Å². The summed E-state index contributed by atoms with van der Waals surface area (Å²) in [4.78, 5) is 43.6. The number of anilines is 2. The molecule has 0 aliphatic carbocycles. The maximum absolute atomic E-state index is 12.4. The minimum Gasteiger partial charge on any atom is -0.545 e. The Hall–Kier alpha value is -1.47. The molecular formula is C17H13KN4O4S2. The number of carbonyl (C=O) groups is 3. The molecule has 0 bridgehead atoms. The van der Waals surface area contributed by atoms with Gasteiger partial charge in [0.25, 0.3) is 5.91 Å². The van der Waals surface area contributed by atoms with Gasteiger partial charge < -0.3 is 20.5 Å². The van der Waals surface area contributed by atoms with E-state index in [1.54, 1.807) is 12.3 Å². The molecule has 0 saturated carbocycles. The molecule has 2 amide bonds. The van der Waals surface area contributed by atoms with E-state index in [0.29, 0.717) is 22.2 Å². The summed E-state index contributed by atoms with van der Waals surface area (Å²) in [5.41, 5.74) is 1.78. The summed E-state index contributed by atoms with van der Waals surface area (Å²) in [5, 5.41) is 18.5.